The maximum atomic E-state index is 13.0. The Balaban J connectivity index is 2.89. The van der Waals surface area contributed by atoms with Crippen molar-refractivity contribution in [3.63, 3.8) is 0 Å². The molecule has 0 heterocycles. The first-order valence-electron chi connectivity index (χ1n) is 4.93. The molecule has 1 unspecified atom stereocenters. The van der Waals surface area contributed by atoms with Gasteiger partial charge in [-0.3, -0.25) is 4.79 Å². The van der Waals surface area contributed by atoms with E-state index in [1.54, 1.807) is 14.0 Å². The van der Waals surface area contributed by atoms with Crippen LogP contribution in [0, 0.1) is 5.82 Å². The molecule has 88 valence electrons. The summed E-state index contributed by atoms with van der Waals surface area (Å²) >= 11 is 0. The third-order valence-corrected chi connectivity index (χ3v) is 2.09. The van der Waals surface area contributed by atoms with Crippen molar-refractivity contribution < 1.29 is 13.9 Å². The van der Waals surface area contributed by atoms with Gasteiger partial charge in [0, 0.05) is 12.1 Å². The van der Waals surface area contributed by atoms with Crippen LogP contribution < -0.4 is 15.8 Å². The Morgan fingerprint density at radius 3 is 2.88 bits per heavy atom. The van der Waals surface area contributed by atoms with Crippen molar-refractivity contribution in [2.24, 2.45) is 5.73 Å². The van der Waals surface area contributed by atoms with Gasteiger partial charge in [-0.15, -0.1) is 0 Å². The average Bonchev–Trinajstić information content (AvgIpc) is 2.22. The summed E-state index contributed by atoms with van der Waals surface area (Å²) in [5.41, 5.74) is 5.73. The highest BCUT2D eigenvalue weighted by Gasteiger charge is 2.13. The molecular weight excluding hydrogens is 211 g/mol. The minimum absolute atomic E-state index is 0.343. The SMILES string of the molecule is CNCc1cc(F)ccc1OC(C)C(N)=O. The first-order valence-corrected chi connectivity index (χ1v) is 4.93. The monoisotopic (exact) mass is 226 g/mol. The fraction of sp³-hybridized carbons (Fsp3) is 0.364. The van der Waals surface area contributed by atoms with Crippen LogP contribution in [0.2, 0.25) is 0 Å². The van der Waals surface area contributed by atoms with Gasteiger partial charge in [-0.05, 0) is 32.2 Å². The quantitative estimate of drug-likeness (QED) is 0.780. The molecule has 0 aliphatic rings. The number of rotatable bonds is 5. The maximum Gasteiger partial charge on any atom is 0.258 e. The summed E-state index contributed by atoms with van der Waals surface area (Å²) in [7, 11) is 1.74. The minimum Gasteiger partial charge on any atom is -0.481 e. The lowest BCUT2D eigenvalue weighted by Crippen LogP contribution is -2.31. The van der Waals surface area contributed by atoms with Crippen LogP contribution in [0.3, 0.4) is 0 Å². The first kappa shape index (κ1) is 12.4. The van der Waals surface area contributed by atoms with Crippen LogP contribution in [-0.2, 0) is 11.3 Å². The van der Waals surface area contributed by atoms with E-state index in [-0.39, 0.29) is 5.82 Å². The molecule has 3 N–H and O–H groups in total. The number of carbonyl (C=O) groups excluding carboxylic acids is 1. The molecule has 1 aromatic carbocycles. The number of nitrogens with two attached hydrogens (primary N) is 1. The molecule has 1 atom stereocenters. The molecule has 16 heavy (non-hydrogen) atoms. The van der Waals surface area contributed by atoms with Crippen molar-refractivity contribution in [3.05, 3.63) is 29.6 Å². The second-order valence-electron chi connectivity index (χ2n) is 3.44. The number of amides is 1. The predicted octanol–water partition coefficient (Wildman–Crippen LogP) is 0.798. The average molecular weight is 226 g/mol. The van der Waals surface area contributed by atoms with Crippen molar-refractivity contribution in [2.45, 2.75) is 19.6 Å². The Labute approximate surface area is 93.6 Å². The largest absolute Gasteiger partial charge is 0.481 e. The number of benzene rings is 1. The van der Waals surface area contributed by atoms with E-state index in [1.165, 1.54) is 18.2 Å². The van der Waals surface area contributed by atoms with Gasteiger partial charge in [0.15, 0.2) is 6.10 Å². The fourth-order valence-electron chi connectivity index (χ4n) is 1.24. The molecular formula is C11H15FN2O2. The molecule has 0 aromatic heterocycles. The standard InChI is InChI=1S/C11H15FN2O2/c1-7(11(13)15)16-10-4-3-9(12)5-8(10)6-14-2/h3-5,7,14H,6H2,1-2H3,(H2,13,15). The van der Waals surface area contributed by atoms with Crippen molar-refractivity contribution >= 4 is 5.91 Å². The number of carbonyl (C=O) groups is 1. The third-order valence-electron chi connectivity index (χ3n) is 2.09. The molecule has 1 amide bonds. The van der Waals surface area contributed by atoms with E-state index in [0.29, 0.717) is 17.9 Å². The van der Waals surface area contributed by atoms with Crippen LogP contribution in [0.1, 0.15) is 12.5 Å². The third kappa shape index (κ3) is 3.20. The number of halogens is 1. The second kappa shape index (κ2) is 5.46. The minimum atomic E-state index is -0.735. The summed E-state index contributed by atoms with van der Waals surface area (Å²) < 4.78 is 18.3. The topological polar surface area (TPSA) is 64.3 Å². The number of nitrogens with one attached hydrogen (secondary N) is 1. The molecule has 0 saturated heterocycles. The zero-order chi connectivity index (χ0) is 12.1. The number of primary amides is 1. The van der Waals surface area contributed by atoms with Crippen molar-refractivity contribution in [1.82, 2.24) is 5.32 Å². The summed E-state index contributed by atoms with van der Waals surface area (Å²) in [6.07, 6.45) is -0.735. The van der Waals surface area contributed by atoms with E-state index in [2.05, 4.69) is 5.32 Å². The Morgan fingerprint density at radius 1 is 1.62 bits per heavy atom. The normalized spacial score (nSPS) is 12.2. The lowest BCUT2D eigenvalue weighted by molar-refractivity contribution is -0.124. The molecule has 4 nitrogen and oxygen atoms in total. The Kier molecular flexibility index (Phi) is 4.25. The molecule has 0 saturated carbocycles. The van der Waals surface area contributed by atoms with Crippen LogP contribution in [0.15, 0.2) is 18.2 Å². The van der Waals surface area contributed by atoms with Gasteiger partial charge < -0.3 is 15.8 Å². The van der Waals surface area contributed by atoms with Gasteiger partial charge in [-0.1, -0.05) is 0 Å². The first-order chi connectivity index (χ1) is 7.54. The van der Waals surface area contributed by atoms with Gasteiger partial charge in [0.1, 0.15) is 11.6 Å². The van der Waals surface area contributed by atoms with E-state index in [1.807, 2.05) is 0 Å². The van der Waals surface area contributed by atoms with Crippen LogP contribution in [0.5, 0.6) is 5.75 Å². The number of hydrogen-bond donors (Lipinski definition) is 2. The van der Waals surface area contributed by atoms with E-state index in [9.17, 15) is 9.18 Å². The summed E-state index contributed by atoms with van der Waals surface area (Å²) in [6, 6.07) is 4.13. The van der Waals surface area contributed by atoms with Crippen LogP contribution in [-0.4, -0.2) is 19.1 Å². The van der Waals surface area contributed by atoms with Gasteiger partial charge in [-0.25, -0.2) is 4.39 Å². The summed E-state index contributed by atoms with van der Waals surface area (Å²) in [6.45, 7) is 2.01. The summed E-state index contributed by atoms with van der Waals surface area (Å²) in [5, 5.41) is 2.89. The molecule has 0 radical (unpaired) electrons. The Bertz CT molecular complexity index is 382. The molecule has 5 heteroatoms. The zero-order valence-corrected chi connectivity index (χ0v) is 9.29. The Hall–Kier alpha value is -1.62. The highest BCUT2D eigenvalue weighted by atomic mass is 19.1. The van der Waals surface area contributed by atoms with E-state index in [0.717, 1.165) is 0 Å². The fourth-order valence-corrected chi connectivity index (χ4v) is 1.24. The molecule has 0 spiro atoms. The Morgan fingerprint density at radius 2 is 2.31 bits per heavy atom. The maximum absolute atomic E-state index is 13.0. The molecule has 1 aromatic rings. The lowest BCUT2D eigenvalue weighted by atomic mass is 10.2. The molecule has 1 rings (SSSR count). The van der Waals surface area contributed by atoms with E-state index in [4.69, 9.17) is 10.5 Å². The molecule has 0 bridgehead atoms. The highest BCUT2D eigenvalue weighted by Crippen LogP contribution is 2.20. The summed E-state index contributed by atoms with van der Waals surface area (Å²) in [5.74, 6) is -0.439. The zero-order valence-electron chi connectivity index (χ0n) is 9.29. The number of ether oxygens (including phenoxy) is 1. The van der Waals surface area contributed by atoms with Crippen molar-refractivity contribution in [3.8, 4) is 5.75 Å². The van der Waals surface area contributed by atoms with E-state index < -0.39 is 12.0 Å². The highest BCUT2D eigenvalue weighted by molar-refractivity contribution is 5.78. The summed E-state index contributed by atoms with van der Waals surface area (Å²) in [4.78, 5) is 10.8. The van der Waals surface area contributed by atoms with Crippen molar-refractivity contribution in [2.75, 3.05) is 7.05 Å². The smallest absolute Gasteiger partial charge is 0.258 e. The van der Waals surface area contributed by atoms with Gasteiger partial charge in [-0.2, -0.15) is 0 Å². The lowest BCUT2D eigenvalue weighted by Gasteiger charge is -2.14. The molecule has 0 aliphatic carbocycles. The van der Waals surface area contributed by atoms with Gasteiger partial charge in [0.25, 0.3) is 5.91 Å². The van der Waals surface area contributed by atoms with E-state index >= 15 is 0 Å². The van der Waals surface area contributed by atoms with Gasteiger partial charge >= 0.3 is 0 Å². The van der Waals surface area contributed by atoms with Crippen LogP contribution >= 0.6 is 0 Å². The van der Waals surface area contributed by atoms with Crippen LogP contribution in [0.4, 0.5) is 4.39 Å². The number of hydrogen-bond acceptors (Lipinski definition) is 3. The molecule has 0 aliphatic heterocycles. The van der Waals surface area contributed by atoms with Gasteiger partial charge in [0.05, 0.1) is 0 Å². The molecule has 0 fully saturated rings. The predicted molar refractivity (Wildman–Crippen MR) is 58.4 cm³/mol. The van der Waals surface area contributed by atoms with Crippen molar-refractivity contribution in [1.29, 1.82) is 0 Å². The van der Waals surface area contributed by atoms with Crippen LogP contribution in [0.25, 0.3) is 0 Å². The van der Waals surface area contributed by atoms with Gasteiger partial charge in [0.2, 0.25) is 0 Å². The second-order valence-corrected chi connectivity index (χ2v) is 3.44.